The second-order valence-corrected chi connectivity index (χ2v) is 22.9. The van der Waals surface area contributed by atoms with Crippen molar-refractivity contribution in [1.82, 2.24) is 36.4 Å². The number of nitrogens with one attached hydrogen (secondary N) is 5. The van der Waals surface area contributed by atoms with Crippen LogP contribution in [0.4, 0.5) is 0 Å². The van der Waals surface area contributed by atoms with E-state index in [2.05, 4.69) is 93.6 Å². The highest BCUT2D eigenvalue weighted by Crippen LogP contribution is 2.26. The maximum atomic E-state index is 13.8. The first kappa shape index (κ1) is 62.1. The summed E-state index contributed by atoms with van der Waals surface area (Å²) < 4.78 is 0. The highest BCUT2D eigenvalue weighted by molar-refractivity contribution is 6.31. The molecule has 432 valence electrons. The van der Waals surface area contributed by atoms with Gasteiger partial charge in [0, 0.05) is 96.9 Å². The van der Waals surface area contributed by atoms with Crippen LogP contribution in [0.2, 0.25) is 10.0 Å². The van der Waals surface area contributed by atoms with E-state index >= 15 is 0 Å². The molecule has 0 spiro atoms. The predicted octanol–water partition coefficient (Wildman–Crippen LogP) is 11.6. The number of nitrogens with two attached hydrogens (primary N) is 1. The van der Waals surface area contributed by atoms with E-state index in [0.29, 0.717) is 78.7 Å². The SMILES string of the molecule is CCCCCC[C@@H]1N[C@H](CNC(=O)c2ccc3cc(Cl)ccc3c2)CCN(C[C@@H](CC)c2ccccc2)C1=O.CC[C@H](CN1CC[C@@H](CNC(=O)c2ccc3cc(Cl)ccc3c2)N[C@@H](CCN=C(N)NC(C)C)C1=O)c1ccccc1. The van der Waals surface area contributed by atoms with E-state index in [1.54, 1.807) is 0 Å². The largest absolute Gasteiger partial charge is 0.370 e. The first-order chi connectivity index (χ1) is 39.2. The molecule has 0 unspecified atom stereocenters. The van der Waals surface area contributed by atoms with Crippen molar-refractivity contribution in [2.24, 2.45) is 10.7 Å². The van der Waals surface area contributed by atoms with Gasteiger partial charge in [0.15, 0.2) is 5.96 Å². The van der Waals surface area contributed by atoms with Gasteiger partial charge < -0.3 is 42.1 Å². The minimum atomic E-state index is -0.427. The molecule has 8 rings (SSSR count). The molecular formula is C66H85Cl2N9O4. The molecule has 4 amide bonds. The molecule has 6 aromatic rings. The molecule has 2 aliphatic rings. The summed E-state index contributed by atoms with van der Waals surface area (Å²) in [5.41, 5.74) is 9.74. The van der Waals surface area contributed by atoms with Gasteiger partial charge in [-0.05, 0) is 134 Å². The Balaban J connectivity index is 0.000000234. The van der Waals surface area contributed by atoms with Gasteiger partial charge in [0.1, 0.15) is 0 Å². The van der Waals surface area contributed by atoms with Crippen molar-refractivity contribution >= 4 is 74.3 Å². The summed E-state index contributed by atoms with van der Waals surface area (Å²) in [6.07, 6.45) is 9.32. The van der Waals surface area contributed by atoms with Crippen LogP contribution in [0.3, 0.4) is 0 Å². The standard InChI is InChI=1S/C33H43ClN6O2.C33H42ClN3O2/c1-4-23(24-8-6-5-7-9-24)21-40-17-15-29(39-30(32(40)42)14-16-36-33(35)38-22(2)3)20-37-31(41)27-11-10-26-19-28(34)13-12-25(26)18-27;1-3-5-6-10-13-31-33(39)37(23-24(4-2)25-11-8-7-9-12-25)19-18-30(36-31)22-35-32(38)28-15-14-27-21-29(34)17-16-26(27)20-28/h5-13,18-19,22-23,29-30,39H,4,14-17,20-21H2,1-3H3,(H,37,41)(H3,35,36,38);7-9,11-12,14-17,20-21,24,30-31,36H,3-6,10,13,18-19,22-23H2,1-2H3,(H,35,38)/t23-,29+,30+;24-,30+,31+/m11/s1. The minimum absolute atomic E-state index is 0.0372. The molecule has 81 heavy (non-hydrogen) atoms. The lowest BCUT2D eigenvalue weighted by molar-refractivity contribution is -0.133. The first-order valence-corrected chi connectivity index (χ1v) is 30.2. The third kappa shape index (κ3) is 18.8. The van der Waals surface area contributed by atoms with Crippen molar-refractivity contribution in [3.8, 4) is 0 Å². The van der Waals surface area contributed by atoms with Gasteiger partial charge in [-0.1, -0.05) is 155 Å². The lowest BCUT2D eigenvalue weighted by Gasteiger charge is -2.28. The molecule has 0 aliphatic carbocycles. The molecular weight excluding hydrogens is 1050 g/mol. The fourth-order valence-corrected chi connectivity index (χ4v) is 11.3. The third-order valence-electron chi connectivity index (χ3n) is 15.6. The number of amides is 4. The lowest BCUT2D eigenvalue weighted by Crippen LogP contribution is -2.49. The van der Waals surface area contributed by atoms with Crippen LogP contribution in [0.1, 0.15) is 143 Å². The summed E-state index contributed by atoms with van der Waals surface area (Å²) in [7, 11) is 0. The molecule has 6 atom stereocenters. The van der Waals surface area contributed by atoms with Crippen molar-refractivity contribution < 1.29 is 19.2 Å². The molecule has 6 aromatic carbocycles. The first-order valence-electron chi connectivity index (χ1n) is 29.4. The summed E-state index contributed by atoms with van der Waals surface area (Å²) in [5, 5.41) is 21.7. The van der Waals surface area contributed by atoms with E-state index in [-0.39, 0.29) is 53.7 Å². The fourth-order valence-electron chi connectivity index (χ4n) is 11.0. The summed E-state index contributed by atoms with van der Waals surface area (Å²) in [6, 6.07) is 42.9. The lowest BCUT2D eigenvalue weighted by atomic mass is 9.95. The van der Waals surface area contributed by atoms with Crippen molar-refractivity contribution in [1.29, 1.82) is 0 Å². The number of aliphatic imine (C=N–C) groups is 1. The zero-order valence-electron chi connectivity index (χ0n) is 48.1. The number of fused-ring (bicyclic) bond motifs is 2. The Bertz CT molecular complexity index is 3020. The van der Waals surface area contributed by atoms with Crippen molar-refractivity contribution in [2.45, 2.75) is 141 Å². The number of unbranched alkanes of at least 4 members (excludes halogenated alkanes) is 3. The molecule has 0 bridgehead atoms. The average Bonchev–Trinajstić information content (AvgIpc) is 3.74. The number of carbonyl (C=O) groups is 4. The fraction of sp³-hybridized carbons (Fsp3) is 0.439. The molecule has 2 saturated heterocycles. The molecule has 15 heteroatoms. The van der Waals surface area contributed by atoms with Gasteiger partial charge in [0.05, 0.1) is 12.1 Å². The molecule has 7 N–H and O–H groups in total. The Morgan fingerprint density at radius 1 is 0.605 bits per heavy atom. The summed E-state index contributed by atoms with van der Waals surface area (Å²) >= 11 is 12.2. The van der Waals surface area contributed by atoms with Crippen LogP contribution in [-0.4, -0.2) is 115 Å². The zero-order valence-corrected chi connectivity index (χ0v) is 49.6. The third-order valence-corrected chi connectivity index (χ3v) is 16.1. The highest BCUT2D eigenvalue weighted by Gasteiger charge is 2.34. The van der Waals surface area contributed by atoms with Gasteiger partial charge in [-0.2, -0.15) is 0 Å². The number of halogens is 2. The molecule has 0 saturated carbocycles. The Labute approximate surface area is 490 Å². The van der Waals surface area contributed by atoms with Crippen LogP contribution in [0.5, 0.6) is 0 Å². The van der Waals surface area contributed by atoms with E-state index in [9.17, 15) is 19.2 Å². The van der Waals surface area contributed by atoms with Crippen molar-refractivity contribution in [2.75, 3.05) is 45.8 Å². The van der Waals surface area contributed by atoms with Crippen LogP contribution < -0.4 is 32.3 Å². The van der Waals surface area contributed by atoms with Crippen molar-refractivity contribution in [3.63, 3.8) is 0 Å². The van der Waals surface area contributed by atoms with Gasteiger partial charge in [0.2, 0.25) is 11.8 Å². The van der Waals surface area contributed by atoms with Gasteiger partial charge in [-0.25, -0.2) is 0 Å². The number of rotatable bonds is 23. The minimum Gasteiger partial charge on any atom is -0.370 e. The number of guanidine groups is 1. The van der Waals surface area contributed by atoms with Gasteiger partial charge >= 0.3 is 0 Å². The summed E-state index contributed by atoms with van der Waals surface area (Å²) in [6.45, 7) is 14.6. The van der Waals surface area contributed by atoms with E-state index in [1.165, 1.54) is 24.0 Å². The molecule has 0 aromatic heterocycles. The molecule has 2 aliphatic heterocycles. The molecule has 2 fully saturated rings. The molecule has 0 radical (unpaired) electrons. The Kier molecular flexibility index (Phi) is 24.3. The van der Waals surface area contributed by atoms with Gasteiger partial charge in [-0.3, -0.25) is 24.2 Å². The molecule has 2 heterocycles. The number of benzene rings is 6. The highest BCUT2D eigenvalue weighted by atomic mass is 35.5. The Morgan fingerprint density at radius 2 is 1.05 bits per heavy atom. The van der Waals surface area contributed by atoms with Crippen LogP contribution in [0.15, 0.2) is 138 Å². The average molecular weight is 1140 g/mol. The zero-order chi connectivity index (χ0) is 57.7. The number of hydrogen-bond acceptors (Lipinski definition) is 7. The van der Waals surface area contributed by atoms with Crippen LogP contribution >= 0.6 is 23.2 Å². The number of hydrogen-bond donors (Lipinski definition) is 6. The normalized spacial score (nSPS) is 18.6. The summed E-state index contributed by atoms with van der Waals surface area (Å²) in [4.78, 5) is 62.1. The van der Waals surface area contributed by atoms with Gasteiger partial charge in [-0.15, -0.1) is 0 Å². The molecule has 13 nitrogen and oxygen atoms in total. The second kappa shape index (κ2) is 31.6. The number of carbonyl (C=O) groups excluding carboxylic acids is 4. The second-order valence-electron chi connectivity index (χ2n) is 22.0. The van der Waals surface area contributed by atoms with E-state index in [1.807, 2.05) is 116 Å². The van der Waals surface area contributed by atoms with Gasteiger partial charge in [0.25, 0.3) is 11.8 Å². The topological polar surface area (TPSA) is 173 Å². The predicted molar refractivity (Wildman–Crippen MR) is 333 cm³/mol. The van der Waals surface area contributed by atoms with E-state index in [0.717, 1.165) is 73.0 Å². The van der Waals surface area contributed by atoms with Crippen LogP contribution in [0.25, 0.3) is 21.5 Å². The maximum Gasteiger partial charge on any atom is 0.251 e. The van der Waals surface area contributed by atoms with Crippen LogP contribution in [-0.2, 0) is 9.59 Å². The monoisotopic (exact) mass is 1140 g/mol. The Morgan fingerprint density at radius 3 is 1.49 bits per heavy atom. The van der Waals surface area contributed by atoms with E-state index in [4.69, 9.17) is 28.9 Å². The van der Waals surface area contributed by atoms with Crippen molar-refractivity contribution in [3.05, 3.63) is 166 Å². The Hall–Kier alpha value is -6.51. The maximum absolute atomic E-state index is 13.8. The van der Waals surface area contributed by atoms with E-state index < -0.39 is 6.04 Å². The summed E-state index contributed by atoms with van der Waals surface area (Å²) in [5.74, 6) is 0.952. The number of nitrogens with zero attached hydrogens (tertiary/aromatic N) is 3. The van der Waals surface area contributed by atoms with Crippen LogP contribution in [0, 0.1) is 0 Å². The quantitative estimate of drug-likeness (QED) is 0.0209. The smallest absolute Gasteiger partial charge is 0.251 e.